The van der Waals surface area contributed by atoms with Crippen molar-refractivity contribution < 1.29 is 40.7 Å². The molecule has 250 valence electrons. The first-order valence-electron chi connectivity index (χ1n) is 15.0. The van der Waals surface area contributed by atoms with Gasteiger partial charge in [-0.05, 0) is 50.3 Å². The van der Waals surface area contributed by atoms with Crippen LogP contribution in [0.25, 0.3) is 22.0 Å². The van der Waals surface area contributed by atoms with Crippen molar-refractivity contribution in [3.05, 3.63) is 64.0 Å². The summed E-state index contributed by atoms with van der Waals surface area (Å²) in [6, 6.07) is 4.77. The average molecular weight is 667 g/mol. The number of methoxy groups -OCH3 is 1. The third-order valence-electron chi connectivity index (χ3n) is 8.87. The van der Waals surface area contributed by atoms with Crippen LogP contribution in [0.2, 0.25) is 0 Å². The molecular formula is C31H37F3N4O7S. The number of aromatic nitrogens is 2. The molecular weight excluding hydrogens is 629 g/mol. The maximum atomic E-state index is 15.3. The van der Waals surface area contributed by atoms with Gasteiger partial charge in [-0.2, -0.15) is 0 Å². The van der Waals surface area contributed by atoms with Crippen LogP contribution >= 0.6 is 0 Å². The molecule has 2 fully saturated rings. The molecule has 0 aliphatic carbocycles. The number of benzene rings is 2. The van der Waals surface area contributed by atoms with Gasteiger partial charge >= 0.3 is 0 Å². The number of nitrogens with one attached hydrogen (secondary N) is 1. The smallest absolute Gasteiger partial charge is 0.264 e. The number of sulfone groups is 1. The first kappa shape index (κ1) is 34.0. The van der Waals surface area contributed by atoms with Gasteiger partial charge in [0.2, 0.25) is 0 Å². The van der Waals surface area contributed by atoms with E-state index in [2.05, 4.69) is 15.4 Å². The van der Waals surface area contributed by atoms with Gasteiger partial charge < -0.3 is 9.47 Å². The largest absolute Gasteiger partial charge is 0.379 e. The Morgan fingerprint density at radius 2 is 1.89 bits per heavy atom. The lowest BCUT2D eigenvalue weighted by atomic mass is 9.99. The lowest BCUT2D eigenvalue weighted by Gasteiger charge is -2.38. The minimum atomic E-state index is -4.01. The highest BCUT2D eigenvalue weighted by atomic mass is 32.2. The molecule has 1 N–H and O–H groups in total. The molecule has 2 aromatic carbocycles. The third-order valence-corrected chi connectivity index (χ3v) is 10.9. The van der Waals surface area contributed by atoms with Gasteiger partial charge in [0.1, 0.15) is 5.82 Å². The molecule has 1 unspecified atom stereocenters. The minimum Gasteiger partial charge on any atom is -0.379 e. The maximum Gasteiger partial charge on any atom is 0.264 e. The molecule has 2 aliphatic heterocycles. The normalized spacial score (nSPS) is 19.1. The van der Waals surface area contributed by atoms with Crippen molar-refractivity contribution in [2.45, 2.75) is 62.7 Å². The van der Waals surface area contributed by atoms with Crippen molar-refractivity contribution in [2.75, 3.05) is 39.6 Å². The molecule has 2 saturated heterocycles. The molecule has 3 heterocycles. The number of hydrogen-bond acceptors (Lipinski definition) is 9. The number of fused-ring (bicyclic) bond motifs is 1. The molecule has 0 bridgehead atoms. The zero-order valence-corrected chi connectivity index (χ0v) is 26.7. The topological polar surface area (TPSA) is 129 Å². The number of aryl methyl sites for hydroxylation is 1. The van der Waals surface area contributed by atoms with Crippen LogP contribution in [0.15, 0.2) is 35.4 Å². The van der Waals surface area contributed by atoms with E-state index in [0.717, 1.165) is 42.1 Å². The van der Waals surface area contributed by atoms with Crippen LogP contribution < -0.4 is 11.0 Å². The number of halogens is 3. The predicted molar refractivity (Wildman–Crippen MR) is 163 cm³/mol. The molecule has 46 heavy (non-hydrogen) atoms. The fourth-order valence-electron chi connectivity index (χ4n) is 5.50. The Balaban J connectivity index is 1.33. The summed E-state index contributed by atoms with van der Waals surface area (Å²) in [7, 11) is -2.39. The Kier molecular flexibility index (Phi) is 10.2. The first-order valence-corrected chi connectivity index (χ1v) is 16.9. The van der Waals surface area contributed by atoms with Gasteiger partial charge in [0.05, 0.1) is 23.3 Å². The summed E-state index contributed by atoms with van der Waals surface area (Å²) < 4.78 is 80.6. The first-order chi connectivity index (χ1) is 21.8. The standard InChI is InChI=1S/C31H37F3N4O7S/c1-31(46(3,41)42,30(40)36-45-26-6-4-5-13-44-26)10-12-38-18-35-25-15-22(24(32)14-23(25)29(38)39)21-8-7-19(27(33)28(21)34)9-11-37-16-20(17-37)43-2/h7-8,14-15,18,20,26H,4-6,9-13,16-17H2,1-3H3,(H,36,40)/t26?,31-/m1/s1. The number of carbonyl (C=O) groups excluding carboxylic acids is 1. The summed E-state index contributed by atoms with van der Waals surface area (Å²) in [4.78, 5) is 37.8. The minimum absolute atomic E-state index is 0.0246. The fourth-order valence-corrected chi connectivity index (χ4v) is 6.34. The van der Waals surface area contributed by atoms with Crippen LogP contribution in [0.3, 0.4) is 0 Å². The zero-order chi connectivity index (χ0) is 33.2. The second-order valence-electron chi connectivity index (χ2n) is 12.0. The second kappa shape index (κ2) is 13.8. The van der Waals surface area contributed by atoms with Gasteiger partial charge in [0.25, 0.3) is 11.5 Å². The highest BCUT2D eigenvalue weighted by Crippen LogP contribution is 2.31. The number of hydrogen-bond donors (Lipinski definition) is 1. The summed E-state index contributed by atoms with van der Waals surface area (Å²) in [5.74, 6) is -4.18. The van der Waals surface area contributed by atoms with Gasteiger partial charge in [-0.1, -0.05) is 12.1 Å². The Morgan fingerprint density at radius 1 is 1.13 bits per heavy atom. The lowest BCUT2D eigenvalue weighted by molar-refractivity contribution is -0.201. The Hall–Kier alpha value is -3.37. The molecule has 3 aromatic rings. The Bertz CT molecular complexity index is 1780. The van der Waals surface area contributed by atoms with E-state index in [0.29, 0.717) is 32.7 Å². The lowest BCUT2D eigenvalue weighted by Crippen LogP contribution is -2.52. The van der Waals surface area contributed by atoms with E-state index in [1.807, 2.05) is 0 Å². The summed E-state index contributed by atoms with van der Waals surface area (Å²) in [6.45, 7) is 3.37. The number of rotatable bonds is 12. The monoisotopic (exact) mass is 666 g/mol. The van der Waals surface area contributed by atoms with Crippen molar-refractivity contribution in [2.24, 2.45) is 0 Å². The van der Waals surface area contributed by atoms with Gasteiger partial charge in [0, 0.05) is 63.7 Å². The molecule has 1 aromatic heterocycles. The van der Waals surface area contributed by atoms with Gasteiger partial charge in [-0.3, -0.25) is 19.1 Å². The summed E-state index contributed by atoms with van der Waals surface area (Å²) in [5.41, 5.74) is 1.08. The van der Waals surface area contributed by atoms with Crippen molar-refractivity contribution in [1.29, 1.82) is 0 Å². The molecule has 2 atom stereocenters. The maximum absolute atomic E-state index is 15.3. The number of hydroxylamine groups is 1. The predicted octanol–water partition coefficient (Wildman–Crippen LogP) is 3.12. The highest BCUT2D eigenvalue weighted by Gasteiger charge is 2.44. The number of ether oxygens (including phenoxy) is 2. The van der Waals surface area contributed by atoms with Crippen LogP contribution in [-0.2, 0) is 41.9 Å². The van der Waals surface area contributed by atoms with Crippen molar-refractivity contribution >= 4 is 26.6 Å². The van der Waals surface area contributed by atoms with Crippen molar-refractivity contribution in [3.8, 4) is 11.1 Å². The zero-order valence-electron chi connectivity index (χ0n) is 25.9. The van der Waals surface area contributed by atoms with E-state index in [-0.39, 0.29) is 53.1 Å². The van der Waals surface area contributed by atoms with Crippen LogP contribution in [0, 0.1) is 17.5 Å². The van der Waals surface area contributed by atoms with Gasteiger partial charge in [-0.25, -0.2) is 36.9 Å². The molecule has 2 aliphatic rings. The molecule has 5 rings (SSSR count). The van der Waals surface area contributed by atoms with E-state index >= 15 is 8.78 Å². The van der Waals surface area contributed by atoms with E-state index in [1.54, 1.807) is 7.11 Å². The summed E-state index contributed by atoms with van der Waals surface area (Å²) in [6.07, 6.45) is 3.63. The van der Waals surface area contributed by atoms with Crippen molar-refractivity contribution in [1.82, 2.24) is 19.9 Å². The Morgan fingerprint density at radius 3 is 2.57 bits per heavy atom. The average Bonchev–Trinajstić information content (AvgIpc) is 3.01. The quantitative estimate of drug-likeness (QED) is 0.290. The fraction of sp³-hybridized carbons (Fsp3) is 0.516. The van der Waals surface area contributed by atoms with Crippen LogP contribution in [0.4, 0.5) is 13.2 Å². The number of carbonyl (C=O) groups is 1. The summed E-state index contributed by atoms with van der Waals surface area (Å²) in [5, 5.41) is -0.159. The van der Waals surface area contributed by atoms with E-state index in [4.69, 9.17) is 14.3 Å². The second-order valence-corrected chi connectivity index (χ2v) is 14.4. The van der Waals surface area contributed by atoms with E-state index in [1.165, 1.54) is 19.1 Å². The van der Waals surface area contributed by atoms with Crippen LogP contribution in [-0.4, -0.2) is 85.5 Å². The van der Waals surface area contributed by atoms with E-state index < -0.39 is 49.8 Å². The molecule has 1 amide bonds. The molecule has 0 radical (unpaired) electrons. The molecule has 0 spiro atoms. The Labute approximate surface area is 264 Å². The van der Waals surface area contributed by atoms with Gasteiger partial charge in [0.15, 0.2) is 32.5 Å². The van der Waals surface area contributed by atoms with Gasteiger partial charge in [-0.15, -0.1) is 0 Å². The summed E-state index contributed by atoms with van der Waals surface area (Å²) >= 11 is 0. The number of nitrogens with zero attached hydrogens (tertiary/aromatic N) is 3. The molecule has 15 heteroatoms. The SMILES string of the molecule is COC1CN(CCc2ccc(-c3cc4ncn(CC[C@](C)(C(=O)NOC5CCCCO5)S(C)(=O)=O)c(=O)c4cc3F)c(F)c2F)C1. The van der Waals surface area contributed by atoms with Crippen LogP contribution in [0.5, 0.6) is 0 Å². The number of likely N-dealkylation sites (tertiary alicyclic amines) is 1. The third kappa shape index (κ3) is 6.98. The molecule has 11 nitrogen and oxygen atoms in total. The molecule has 0 saturated carbocycles. The van der Waals surface area contributed by atoms with Crippen LogP contribution in [0.1, 0.15) is 38.2 Å². The van der Waals surface area contributed by atoms with E-state index in [9.17, 15) is 22.4 Å². The highest BCUT2D eigenvalue weighted by molar-refractivity contribution is 7.92. The van der Waals surface area contributed by atoms with Crippen molar-refractivity contribution in [3.63, 3.8) is 0 Å². The number of amides is 1.